The summed E-state index contributed by atoms with van der Waals surface area (Å²) in [5, 5.41) is 9.08. The Kier molecular flexibility index (Phi) is 5.63. The molecule has 0 radical (unpaired) electrons. The highest BCUT2D eigenvalue weighted by atomic mass is 79.9. The predicted octanol–water partition coefficient (Wildman–Crippen LogP) is 3.90. The topological polar surface area (TPSA) is 62.2 Å². The van der Waals surface area contributed by atoms with Crippen molar-refractivity contribution in [2.75, 3.05) is 7.18 Å². The van der Waals surface area contributed by atoms with Gasteiger partial charge >= 0.3 is 0 Å². The van der Waals surface area contributed by atoms with E-state index < -0.39 is 5.41 Å². The number of benzene rings is 1. The molecule has 1 aromatic rings. The van der Waals surface area contributed by atoms with E-state index in [2.05, 4.69) is 27.0 Å². The largest absolute Gasteiger partial charge is 0.386 e. The van der Waals surface area contributed by atoms with Crippen molar-refractivity contribution < 1.29 is 8.78 Å². The van der Waals surface area contributed by atoms with Gasteiger partial charge < -0.3 is 5.73 Å². The molecular weight excluding hydrogens is 328 g/mol. The van der Waals surface area contributed by atoms with Crippen molar-refractivity contribution in [3.8, 4) is 6.07 Å². The van der Waals surface area contributed by atoms with Crippen LogP contribution in [0.4, 0.5) is 8.78 Å². The summed E-state index contributed by atoms with van der Waals surface area (Å²) in [6.45, 7) is 1.76. The zero-order chi connectivity index (χ0) is 15.3. The number of alkyl halides is 1. The molecule has 2 atom stereocenters. The van der Waals surface area contributed by atoms with E-state index in [4.69, 9.17) is 11.0 Å². The number of amidine groups is 1. The van der Waals surface area contributed by atoms with Crippen LogP contribution in [-0.4, -0.2) is 13.0 Å². The minimum Gasteiger partial charge on any atom is -0.386 e. The van der Waals surface area contributed by atoms with Crippen LogP contribution < -0.4 is 5.73 Å². The van der Waals surface area contributed by atoms with Crippen molar-refractivity contribution in [2.24, 2.45) is 16.1 Å². The van der Waals surface area contributed by atoms with Gasteiger partial charge in [0.05, 0.1) is 19.3 Å². The second kappa shape index (κ2) is 6.80. The lowest BCUT2D eigenvalue weighted by atomic mass is 9.80. The average Bonchev–Trinajstić information content (AvgIpc) is 2.47. The molecule has 0 aromatic heterocycles. The molecule has 2 unspecified atom stereocenters. The summed E-state index contributed by atoms with van der Waals surface area (Å²) in [5.41, 5.74) is 5.63. The lowest BCUT2D eigenvalue weighted by Gasteiger charge is -2.29. The Balaban J connectivity index is 0.000000956. The highest BCUT2D eigenvalue weighted by Crippen LogP contribution is 2.37. The predicted molar refractivity (Wildman–Crippen MR) is 78.4 cm³/mol. The smallest absolute Gasteiger partial charge is 0.128 e. The van der Waals surface area contributed by atoms with Gasteiger partial charge in [0, 0.05) is 10.0 Å². The van der Waals surface area contributed by atoms with Crippen molar-refractivity contribution >= 4 is 21.8 Å². The first-order chi connectivity index (χ1) is 9.46. The van der Waals surface area contributed by atoms with Gasteiger partial charge in [0.25, 0.3) is 0 Å². The first kappa shape index (κ1) is 16.6. The molecule has 6 heteroatoms. The third-order valence-corrected chi connectivity index (χ3v) is 3.84. The van der Waals surface area contributed by atoms with Gasteiger partial charge in [0.1, 0.15) is 17.1 Å². The third-order valence-electron chi connectivity index (χ3n) is 3.34. The molecule has 0 saturated carbocycles. The van der Waals surface area contributed by atoms with Gasteiger partial charge in [0.2, 0.25) is 0 Å². The molecular formula is C14H16BrF2N3. The summed E-state index contributed by atoms with van der Waals surface area (Å²) in [7, 11) is 0.500. The fourth-order valence-corrected chi connectivity index (χ4v) is 2.42. The van der Waals surface area contributed by atoms with Crippen LogP contribution in [-0.2, 0) is 0 Å². The molecule has 0 amide bonds. The molecule has 2 rings (SSSR count). The molecule has 1 aromatic carbocycles. The van der Waals surface area contributed by atoms with E-state index >= 15 is 0 Å². The molecule has 0 bridgehead atoms. The minimum absolute atomic E-state index is 0.291. The quantitative estimate of drug-likeness (QED) is 0.840. The van der Waals surface area contributed by atoms with Gasteiger partial charge in [-0.05, 0) is 38.0 Å². The van der Waals surface area contributed by atoms with Crippen molar-refractivity contribution in [1.82, 2.24) is 0 Å². The van der Waals surface area contributed by atoms with Crippen LogP contribution >= 0.6 is 15.9 Å². The lowest BCUT2D eigenvalue weighted by Crippen LogP contribution is -2.37. The maximum Gasteiger partial charge on any atom is 0.128 e. The van der Waals surface area contributed by atoms with Crippen LogP contribution in [0.1, 0.15) is 31.4 Å². The van der Waals surface area contributed by atoms with Gasteiger partial charge in [-0.25, -0.2) is 4.39 Å². The highest BCUT2D eigenvalue weighted by Gasteiger charge is 2.35. The summed E-state index contributed by atoms with van der Waals surface area (Å²) >= 11 is 3.32. The molecule has 0 spiro atoms. The van der Waals surface area contributed by atoms with E-state index in [-0.39, 0.29) is 11.9 Å². The number of rotatable bonds is 1. The minimum atomic E-state index is -0.723. The Hall–Kier alpha value is -1.48. The van der Waals surface area contributed by atoms with E-state index in [0.717, 1.165) is 4.47 Å². The van der Waals surface area contributed by atoms with E-state index in [9.17, 15) is 8.78 Å². The number of nitrogens with zero attached hydrogens (tertiary/aromatic N) is 2. The molecule has 20 heavy (non-hydrogen) atoms. The fourth-order valence-electron chi connectivity index (χ4n) is 2.04. The summed E-state index contributed by atoms with van der Waals surface area (Å²) in [4.78, 5) is 4.29. The Labute approximate surface area is 125 Å². The highest BCUT2D eigenvalue weighted by molar-refractivity contribution is 9.10. The second-order valence-corrected chi connectivity index (χ2v) is 5.59. The van der Waals surface area contributed by atoms with E-state index in [1.165, 1.54) is 6.07 Å². The van der Waals surface area contributed by atoms with Crippen LogP contribution in [0.3, 0.4) is 0 Å². The van der Waals surface area contributed by atoms with Crippen molar-refractivity contribution in [3.05, 3.63) is 34.1 Å². The first-order valence-electron chi connectivity index (χ1n) is 6.04. The summed E-state index contributed by atoms with van der Waals surface area (Å²) in [6.07, 6.45) is 1.22. The first-order valence-corrected chi connectivity index (χ1v) is 6.83. The molecule has 0 aliphatic carbocycles. The van der Waals surface area contributed by atoms with E-state index in [0.29, 0.717) is 31.4 Å². The maximum absolute atomic E-state index is 13.8. The number of halogens is 3. The van der Waals surface area contributed by atoms with Crippen LogP contribution in [0.15, 0.2) is 27.7 Å². The second-order valence-electron chi connectivity index (χ2n) is 4.68. The van der Waals surface area contributed by atoms with E-state index in [1.54, 1.807) is 19.1 Å². The average molecular weight is 344 g/mol. The normalized spacial score (nSPS) is 25.0. The summed E-state index contributed by atoms with van der Waals surface area (Å²) in [5.74, 6) is 0.000867. The van der Waals surface area contributed by atoms with Gasteiger partial charge in [-0.1, -0.05) is 15.9 Å². The molecule has 1 aliphatic heterocycles. The van der Waals surface area contributed by atoms with E-state index in [1.807, 2.05) is 0 Å². The zero-order valence-corrected chi connectivity index (χ0v) is 12.9. The zero-order valence-electron chi connectivity index (χ0n) is 11.3. The molecule has 1 heterocycles. The fraction of sp³-hybridized carbons (Fsp3) is 0.429. The van der Waals surface area contributed by atoms with Crippen molar-refractivity contribution in [2.45, 2.75) is 25.8 Å². The number of hydrogen-bond acceptors (Lipinski definition) is 3. The van der Waals surface area contributed by atoms with Crippen LogP contribution in [0.5, 0.6) is 0 Å². The molecule has 3 nitrogen and oxygen atoms in total. The van der Waals surface area contributed by atoms with Crippen molar-refractivity contribution in [3.63, 3.8) is 0 Å². The van der Waals surface area contributed by atoms with Crippen molar-refractivity contribution in [1.29, 1.82) is 5.26 Å². The van der Waals surface area contributed by atoms with Gasteiger partial charge in [-0.3, -0.25) is 9.38 Å². The Morgan fingerprint density at radius 1 is 1.50 bits per heavy atom. The van der Waals surface area contributed by atoms with Crippen LogP contribution in [0.25, 0.3) is 0 Å². The number of nitriles is 1. The summed E-state index contributed by atoms with van der Waals surface area (Å²) < 4.78 is 24.1. The molecule has 0 saturated heterocycles. The standard InChI is InChI=1S/C13H13BrFN3.CH3F/c1-13(7-16)5-4-11(18-12(13)17)9-6-8(14)2-3-10(9)15;1-2/h2-3,6,11H,4-5H2,1H3,(H2,17,18);1H3. The third kappa shape index (κ3) is 3.34. The molecule has 1 aliphatic rings. The number of hydrogen-bond donors (Lipinski definition) is 1. The number of nitrogens with two attached hydrogens (primary N) is 1. The Bertz CT molecular complexity index is 554. The lowest BCUT2D eigenvalue weighted by molar-refractivity contribution is 0.437. The Morgan fingerprint density at radius 2 is 2.15 bits per heavy atom. The van der Waals surface area contributed by atoms with Gasteiger partial charge in [-0.15, -0.1) is 0 Å². The van der Waals surface area contributed by atoms with Crippen LogP contribution in [0.2, 0.25) is 0 Å². The molecule has 0 fully saturated rings. The SMILES string of the molecule is CC1(C#N)CCC(c2cc(Br)ccc2F)N=C1N.CF. The summed E-state index contributed by atoms with van der Waals surface area (Å²) in [6, 6.07) is 6.63. The van der Waals surface area contributed by atoms with Crippen LogP contribution in [0, 0.1) is 22.6 Å². The molecule has 2 N–H and O–H groups in total. The number of aliphatic imine (C=N–C) groups is 1. The van der Waals surface area contributed by atoms with Gasteiger partial charge in [-0.2, -0.15) is 5.26 Å². The van der Waals surface area contributed by atoms with Gasteiger partial charge in [0.15, 0.2) is 0 Å². The maximum atomic E-state index is 13.8. The Morgan fingerprint density at radius 3 is 2.70 bits per heavy atom. The molecule has 108 valence electrons. The monoisotopic (exact) mass is 343 g/mol.